The maximum absolute atomic E-state index is 11.9. The Morgan fingerprint density at radius 1 is 0.720 bits per heavy atom. The van der Waals surface area contributed by atoms with Crippen molar-refractivity contribution in [3.05, 3.63) is 69.8 Å². The molecular weight excluding hydrogens is 308 g/mol. The summed E-state index contributed by atoms with van der Waals surface area (Å²) in [4.78, 5) is 23.8. The van der Waals surface area contributed by atoms with Crippen molar-refractivity contribution >= 4 is 12.6 Å². The predicted octanol–water partition coefficient (Wildman–Crippen LogP) is 4.96. The fraction of sp³-hybridized carbons (Fsp3) is 0.391. The van der Waals surface area contributed by atoms with E-state index in [2.05, 4.69) is 39.8 Å². The van der Waals surface area contributed by atoms with Crippen molar-refractivity contribution < 1.29 is 9.59 Å². The van der Waals surface area contributed by atoms with Crippen molar-refractivity contribution in [3.8, 4) is 0 Å². The maximum Gasteiger partial charge on any atom is 0.150 e. The lowest BCUT2D eigenvalue weighted by molar-refractivity contribution is 0.111. The van der Waals surface area contributed by atoms with E-state index in [1.165, 1.54) is 11.1 Å². The molecule has 0 aromatic heterocycles. The summed E-state index contributed by atoms with van der Waals surface area (Å²) in [6.45, 7) is 9.01. The molecule has 0 heterocycles. The summed E-state index contributed by atoms with van der Waals surface area (Å²) in [7, 11) is 0. The number of aldehydes is 2. The van der Waals surface area contributed by atoms with Gasteiger partial charge in [-0.15, -0.1) is 0 Å². The Morgan fingerprint density at radius 2 is 1.12 bits per heavy atom. The number of benzene rings is 2. The summed E-state index contributed by atoms with van der Waals surface area (Å²) in [5.74, 6) is 0. The second kappa shape index (κ2) is 4.91. The van der Waals surface area contributed by atoms with Crippen molar-refractivity contribution in [1.82, 2.24) is 0 Å². The molecule has 128 valence electrons. The lowest BCUT2D eigenvalue weighted by Crippen LogP contribution is -2.28. The summed E-state index contributed by atoms with van der Waals surface area (Å²) in [6.07, 6.45) is 3.83. The number of rotatable bonds is 2. The third kappa shape index (κ3) is 1.97. The van der Waals surface area contributed by atoms with Crippen LogP contribution in [0, 0.1) is 0 Å². The van der Waals surface area contributed by atoms with Crippen molar-refractivity contribution in [2.45, 2.75) is 56.8 Å². The van der Waals surface area contributed by atoms with Gasteiger partial charge in [0.15, 0.2) is 0 Å². The van der Waals surface area contributed by atoms with E-state index >= 15 is 0 Å². The van der Waals surface area contributed by atoms with Gasteiger partial charge in [-0.2, -0.15) is 0 Å². The molecule has 0 radical (unpaired) electrons. The van der Waals surface area contributed by atoms with Crippen molar-refractivity contribution in [3.63, 3.8) is 0 Å². The summed E-state index contributed by atoms with van der Waals surface area (Å²) in [5.41, 5.74) is 6.03. The number of carbonyl (C=O) groups is 2. The molecule has 2 aromatic carbocycles. The molecule has 2 aliphatic rings. The summed E-state index contributed by atoms with van der Waals surface area (Å²) in [5, 5.41) is 0. The van der Waals surface area contributed by atoms with Crippen LogP contribution in [0.2, 0.25) is 0 Å². The summed E-state index contributed by atoms with van der Waals surface area (Å²) in [6, 6.07) is 12.1. The van der Waals surface area contributed by atoms with Gasteiger partial charge in [0.2, 0.25) is 0 Å². The zero-order chi connectivity index (χ0) is 18.0. The molecule has 0 N–H and O–H groups in total. The first kappa shape index (κ1) is 16.3. The Morgan fingerprint density at radius 3 is 1.48 bits per heavy atom. The lowest BCUT2D eigenvalue weighted by Gasteiger charge is -2.31. The second-order valence-corrected chi connectivity index (χ2v) is 8.98. The average Bonchev–Trinajstić information content (AvgIpc) is 2.95. The maximum atomic E-state index is 11.9. The molecule has 0 bridgehead atoms. The van der Waals surface area contributed by atoms with Gasteiger partial charge < -0.3 is 0 Å². The molecule has 25 heavy (non-hydrogen) atoms. The molecule has 2 heteroatoms. The van der Waals surface area contributed by atoms with Crippen LogP contribution in [0.3, 0.4) is 0 Å². The normalized spacial score (nSPS) is 21.0. The zero-order valence-corrected chi connectivity index (χ0v) is 15.3. The SMILES string of the molecule is CC1(C)CC2(CC(C)(C)c3cccc(C=O)c32)c2c(C=O)cccc21. The Bertz CT molecular complexity index is 827. The fourth-order valence-corrected chi connectivity index (χ4v) is 5.77. The highest BCUT2D eigenvalue weighted by molar-refractivity contribution is 5.85. The van der Waals surface area contributed by atoms with Crippen LogP contribution in [0.15, 0.2) is 36.4 Å². The molecule has 2 aromatic rings. The van der Waals surface area contributed by atoms with Gasteiger partial charge in [-0.25, -0.2) is 0 Å². The molecule has 0 aliphatic heterocycles. The van der Waals surface area contributed by atoms with Gasteiger partial charge in [0.05, 0.1) is 0 Å². The second-order valence-electron chi connectivity index (χ2n) is 8.98. The van der Waals surface area contributed by atoms with Gasteiger partial charge in [0.25, 0.3) is 0 Å². The molecule has 0 atom stereocenters. The monoisotopic (exact) mass is 332 g/mol. The van der Waals surface area contributed by atoms with Crippen LogP contribution in [0.4, 0.5) is 0 Å². The number of fused-ring (bicyclic) bond motifs is 4. The van der Waals surface area contributed by atoms with Crippen LogP contribution >= 0.6 is 0 Å². The van der Waals surface area contributed by atoms with E-state index in [9.17, 15) is 9.59 Å². The first-order valence-electron chi connectivity index (χ1n) is 8.95. The van der Waals surface area contributed by atoms with E-state index in [0.717, 1.165) is 47.7 Å². The predicted molar refractivity (Wildman–Crippen MR) is 99.7 cm³/mol. The lowest BCUT2D eigenvalue weighted by atomic mass is 9.70. The average molecular weight is 332 g/mol. The number of hydrogen-bond donors (Lipinski definition) is 0. The first-order valence-corrected chi connectivity index (χ1v) is 8.95. The van der Waals surface area contributed by atoms with E-state index in [-0.39, 0.29) is 16.2 Å². The van der Waals surface area contributed by atoms with E-state index in [1.54, 1.807) is 0 Å². The highest BCUT2D eigenvalue weighted by Gasteiger charge is 2.57. The van der Waals surface area contributed by atoms with Gasteiger partial charge in [0.1, 0.15) is 12.6 Å². The van der Waals surface area contributed by atoms with Crippen LogP contribution in [-0.2, 0) is 16.2 Å². The van der Waals surface area contributed by atoms with Crippen LogP contribution in [0.25, 0.3) is 0 Å². The minimum atomic E-state index is -0.257. The Labute approximate surface area is 149 Å². The number of carbonyl (C=O) groups excluding carboxylic acids is 2. The summed E-state index contributed by atoms with van der Waals surface area (Å²) < 4.78 is 0. The molecule has 2 aliphatic carbocycles. The highest BCUT2D eigenvalue weighted by atomic mass is 16.1. The van der Waals surface area contributed by atoms with Crippen LogP contribution in [-0.4, -0.2) is 12.6 Å². The van der Waals surface area contributed by atoms with Gasteiger partial charge in [-0.05, 0) is 45.9 Å². The molecular formula is C23H24O2. The molecule has 0 fully saturated rings. The molecule has 0 saturated carbocycles. The molecule has 2 nitrogen and oxygen atoms in total. The van der Waals surface area contributed by atoms with Crippen LogP contribution in [0.5, 0.6) is 0 Å². The molecule has 0 saturated heterocycles. The fourth-order valence-electron chi connectivity index (χ4n) is 5.77. The minimum absolute atomic E-state index is 0.0258. The Kier molecular flexibility index (Phi) is 3.19. The summed E-state index contributed by atoms with van der Waals surface area (Å²) >= 11 is 0. The quantitative estimate of drug-likeness (QED) is 0.728. The topological polar surface area (TPSA) is 34.1 Å². The van der Waals surface area contributed by atoms with Crippen LogP contribution in [0.1, 0.15) is 83.5 Å². The van der Waals surface area contributed by atoms with Gasteiger partial charge in [0, 0.05) is 16.5 Å². The van der Waals surface area contributed by atoms with Crippen molar-refractivity contribution in [2.75, 3.05) is 0 Å². The molecule has 0 amide bonds. The van der Waals surface area contributed by atoms with Crippen molar-refractivity contribution in [1.29, 1.82) is 0 Å². The van der Waals surface area contributed by atoms with E-state index in [1.807, 2.05) is 24.3 Å². The zero-order valence-electron chi connectivity index (χ0n) is 15.3. The largest absolute Gasteiger partial charge is 0.298 e. The standard InChI is InChI=1S/C23H24O2/c1-21(2)13-23(19-15(11-24)7-5-9-17(19)21)14-22(3,4)18-10-6-8-16(12-25)20(18)23/h5-12H,13-14H2,1-4H3. The van der Waals surface area contributed by atoms with Crippen LogP contribution < -0.4 is 0 Å². The Balaban J connectivity index is 2.14. The minimum Gasteiger partial charge on any atom is -0.298 e. The van der Waals surface area contributed by atoms with Gasteiger partial charge in [-0.3, -0.25) is 9.59 Å². The molecule has 4 rings (SSSR count). The van der Waals surface area contributed by atoms with Gasteiger partial charge >= 0.3 is 0 Å². The number of hydrogen-bond acceptors (Lipinski definition) is 2. The first-order chi connectivity index (χ1) is 11.8. The smallest absolute Gasteiger partial charge is 0.150 e. The van der Waals surface area contributed by atoms with E-state index in [4.69, 9.17) is 0 Å². The highest BCUT2D eigenvalue weighted by Crippen LogP contribution is 2.63. The van der Waals surface area contributed by atoms with E-state index in [0.29, 0.717) is 0 Å². The third-order valence-corrected chi connectivity index (χ3v) is 6.35. The van der Waals surface area contributed by atoms with Gasteiger partial charge in [-0.1, -0.05) is 64.1 Å². The third-order valence-electron chi connectivity index (χ3n) is 6.35. The Hall–Kier alpha value is -2.22. The van der Waals surface area contributed by atoms with Crippen molar-refractivity contribution in [2.24, 2.45) is 0 Å². The molecule has 1 spiro atoms. The van der Waals surface area contributed by atoms with E-state index < -0.39 is 0 Å². The molecule has 0 unspecified atom stereocenters.